The van der Waals surface area contributed by atoms with Gasteiger partial charge in [-0.3, -0.25) is 4.98 Å². The van der Waals surface area contributed by atoms with Gasteiger partial charge >= 0.3 is 0 Å². The van der Waals surface area contributed by atoms with Gasteiger partial charge in [-0.25, -0.2) is 15.0 Å². The topological polar surface area (TPSA) is 132 Å². The molecule has 0 spiro atoms. The highest BCUT2D eigenvalue weighted by Crippen LogP contribution is 2.50. The van der Waals surface area contributed by atoms with E-state index in [2.05, 4.69) is 66.5 Å². The number of nitrogens with two attached hydrogens (primary N) is 1. The predicted molar refractivity (Wildman–Crippen MR) is 131 cm³/mol. The summed E-state index contributed by atoms with van der Waals surface area (Å²) in [5, 5.41) is 7.74. The maximum absolute atomic E-state index is 5.67. The first-order valence-corrected chi connectivity index (χ1v) is 11.9. The van der Waals surface area contributed by atoms with Crippen LogP contribution < -0.4 is 16.0 Å². The Morgan fingerprint density at radius 3 is 2.34 bits per heavy atom. The minimum Gasteiger partial charge on any atom is -0.382 e. The van der Waals surface area contributed by atoms with Gasteiger partial charge in [-0.05, 0) is 31.2 Å². The molecule has 1 atom stereocenters. The minimum atomic E-state index is -0.360. The zero-order valence-corrected chi connectivity index (χ0v) is 19.6. The van der Waals surface area contributed by atoms with Gasteiger partial charge in [0.2, 0.25) is 0 Å². The van der Waals surface area contributed by atoms with Gasteiger partial charge in [-0.1, -0.05) is 29.4 Å². The van der Waals surface area contributed by atoms with Crippen molar-refractivity contribution in [3.8, 4) is 22.8 Å². The molecule has 3 N–H and O–H groups in total. The molecular weight excluding hydrogens is 442 g/mol. The number of nitrogens with zero attached hydrogens (tertiary/aromatic N) is 7. The van der Waals surface area contributed by atoms with E-state index in [0.717, 1.165) is 61.7 Å². The highest BCUT2D eigenvalue weighted by Gasteiger charge is 2.47. The van der Waals surface area contributed by atoms with Crippen LogP contribution in [-0.4, -0.2) is 56.3 Å². The molecule has 3 aromatic heterocycles. The first kappa shape index (κ1) is 21.6. The largest absolute Gasteiger partial charge is 0.382 e. The summed E-state index contributed by atoms with van der Waals surface area (Å²) in [6.45, 7) is 5.93. The minimum absolute atomic E-state index is 0.360. The number of hydrogen-bond donors (Lipinski definition) is 2. The fourth-order valence-corrected chi connectivity index (χ4v) is 4.71. The molecule has 2 fully saturated rings. The summed E-state index contributed by atoms with van der Waals surface area (Å²) in [6.07, 6.45) is 9.01. The van der Waals surface area contributed by atoms with E-state index in [1.54, 1.807) is 24.8 Å². The van der Waals surface area contributed by atoms with E-state index < -0.39 is 0 Å². The van der Waals surface area contributed by atoms with Crippen molar-refractivity contribution in [1.82, 2.24) is 35.4 Å². The van der Waals surface area contributed by atoms with Crippen LogP contribution in [0.15, 0.2) is 53.6 Å². The van der Waals surface area contributed by atoms with E-state index in [-0.39, 0.29) is 5.41 Å². The van der Waals surface area contributed by atoms with Gasteiger partial charge in [0.25, 0.3) is 5.89 Å². The van der Waals surface area contributed by atoms with Crippen molar-refractivity contribution in [3.05, 3.63) is 60.4 Å². The molecule has 1 aliphatic heterocycles. The highest BCUT2D eigenvalue weighted by atomic mass is 16.5. The molecule has 35 heavy (non-hydrogen) atoms. The summed E-state index contributed by atoms with van der Waals surface area (Å²) in [6, 6.07) is 8.34. The predicted octanol–water partition coefficient (Wildman–Crippen LogP) is 2.69. The summed E-state index contributed by atoms with van der Waals surface area (Å²) < 4.78 is 5.67. The lowest BCUT2D eigenvalue weighted by molar-refractivity contribution is 0.386. The summed E-state index contributed by atoms with van der Waals surface area (Å²) in [7, 11) is 0. The molecule has 4 heterocycles. The molecule has 0 bridgehead atoms. The molecule has 1 saturated heterocycles. The fraction of sp³-hybridized carbons (Fsp3) is 0.360. The van der Waals surface area contributed by atoms with Crippen molar-refractivity contribution in [3.63, 3.8) is 0 Å². The number of anilines is 2. The molecule has 0 radical (unpaired) electrons. The lowest BCUT2D eigenvalue weighted by Gasteiger charge is -2.27. The highest BCUT2D eigenvalue weighted by molar-refractivity contribution is 5.60. The van der Waals surface area contributed by atoms with Crippen molar-refractivity contribution >= 4 is 11.6 Å². The molecule has 2 aliphatic rings. The quantitative estimate of drug-likeness (QED) is 0.434. The van der Waals surface area contributed by atoms with Gasteiger partial charge < -0.3 is 20.5 Å². The Hall–Kier alpha value is -3.92. The summed E-state index contributed by atoms with van der Waals surface area (Å²) in [5.41, 5.74) is 8.79. The molecule has 10 nitrogen and oxygen atoms in total. The maximum Gasteiger partial charge on any atom is 0.278 e. The molecular formula is C25H27N9O. The molecule has 1 saturated carbocycles. The van der Waals surface area contributed by atoms with Crippen LogP contribution in [0.2, 0.25) is 0 Å². The Bertz CT molecular complexity index is 1290. The third-order valence-corrected chi connectivity index (χ3v) is 7.03. The molecule has 4 aromatic rings. The summed E-state index contributed by atoms with van der Waals surface area (Å²) in [5.74, 6) is 2.78. The second-order valence-corrected chi connectivity index (χ2v) is 9.30. The van der Waals surface area contributed by atoms with Crippen LogP contribution >= 0.6 is 0 Å². The third kappa shape index (κ3) is 4.10. The Labute approximate surface area is 203 Å². The monoisotopic (exact) mass is 469 g/mol. The Balaban J connectivity index is 1.26. The second-order valence-electron chi connectivity index (χ2n) is 9.30. The SMILES string of the molecule is C[C@](c1ccc(-c2cnc(N)cn2)cc1)(c1noc(-c2cnc(N3CCNCC3)cn2)n1)C1CC1. The van der Waals surface area contributed by atoms with Crippen LogP contribution in [0.5, 0.6) is 0 Å². The van der Waals surface area contributed by atoms with Crippen molar-refractivity contribution in [1.29, 1.82) is 0 Å². The smallest absolute Gasteiger partial charge is 0.278 e. The summed E-state index contributed by atoms with van der Waals surface area (Å²) in [4.78, 5) is 24.7. The molecule has 1 aromatic carbocycles. The van der Waals surface area contributed by atoms with E-state index in [0.29, 0.717) is 29.1 Å². The average Bonchev–Trinajstić information content (AvgIpc) is 3.66. The van der Waals surface area contributed by atoms with Gasteiger partial charge in [0.15, 0.2) is 5.82 Å². The van der Waals surface area contributed by atoms with Gasteiger partial charge in [0.1, 0.15) is 17.3 Å². The van der Waals surface area contributed by atoms with E-state index in [1.807, 2.05) is 0 Å². The lowest BCUT2D eigenvalue weighted by Crippen LogP contribution is -2.43. The number of nitrogens with one attached hydrogen (secondary N) is 1. The first-order chi connectivity index (χ1) is 17.1. The molecule has 0 amide bonds. The third-order valence-electron chi connectivity index (χ3n) is 7.03. The van der Waals surface area contributed by atoms with Gasteiger partial charge in [-0.15, -0.1) is 0 Å². The van der Waals surface area contributed by atoms with Crippen LogP contribution in [0, 0.1) is 5.92 Å². The Morgan fingerprint density at radius 1 is 0.943 bits per heavy atom. The number of aromatic nitrogens is 6. The molecule has 0 unspecified atom stereocenters. The zero-order chi connectivity index (χ0) is 23.8. The second kappa shape index (κ2) is 8.70. The molecule has 6 rings (SSSR count). The van der Waals surface area contributed by atoms with Crippen LogP contribution in [0.4, 0.5) is 11.6 Å². The maximum atomic E-state index is 5.67. The standard InChI is InChI=1S/C25H27N9O/c1-25(18-6-7-18,17-4-2-16(3-5-17)19-12-30-21(26)14-28-19)24-32-23(35-33-24)20-13-31-22(15-29-20)34-10-8-27-9-11-34/h2-5,12-15,18,27H,6-11H2,1H3,(H2,26,30)/t25-/m1/s1. The Kier molecular flexibility index (Phi) is 5.37. The average molecular weight is 470 g/mol. The fourth-order valence-electron chi connectivity index (χ4n) is 4.71. The number of nitrogen functional groups attached to an aromatic ring is 1. The van der Waals surface area contributed by atoms with Gasteiger partial charge in [0, 0.05) is 31.7 Å². The van der Waals surface area contributed by atoms with Crippen LogP contribution in [0.3, 0.4) is 0 Å². The molecule has 1 aliphatic carbocycles. The number of rotatable bonds is 6. The summed E-state index contributed by atoms with van der Waals surface area (Å²) >= 11 is 0. The Morgan fingerprint density at radius 2 is 1.69 bits per heavy atom. The number of hydrogen-bond acceptors (Lipinski definition) is 10. The molecule has 178 valence electrons. The van der Waals surface area contributed by atoms with Gasteiger partial charge in [-0.2, -0.15) is 4.98 Å². The van der Waals surface area contributed by atoms with Crippen molar-refractivity contribution < 1.29 is 4.52 Å². The van der Waals surface area contributed by atoms with Crippen LogP contribution in [0.25, 0.3) is 22.8 Å². The van der Waals surface area contributed by atoms with Crippen molar-refractivity contribution in [2.45, 2.75) is 25.2 Å². The van der Waals surface area contributed by atoms with Crippen LogP contribution in [0.1, 0.15) is 31.2 Å². The number of piperazine rings is 1. The normalized spacial score (nSPS) is 17.8. The van der Waals surface area contributed by atoms with Crippen molar-refractivity contribution in [2.75, 3.05) is 36.8 Å². The molecule has 10 heteroatoms. The van der Waals surface area contributed by atoms with Crippen molar-refractivity contribution in [2.24, 2.45) is 5.92 Å². The van der Waals surface area contributed by atoms with E-state index >= 15 is 0 Å². The van der Waals surface area contributed by atoms with E-state index in [1.165, 1.54) is 0 Å². The first-order valence-electron chi connectivity index (χ1n) is 11.9. The van der Waals surface area contributed by atoms with Gasteiger partial charge in [0.05, 0.1) is 35.9 Å². The number of benzene rings is 1. The lowest BCUT2D eigenvalue weighted by atomic mass is 9.77. The zero-order valence-electron chi connectivity index (χ0n) is 19.6. The van der Waals surface area contributed by atoms with E-state index in [9.17, 15) is 0 Å². The van der Waals surface area contributed by atoms with Crippen LogP contribution in [-0.2, 0) is 5.41 Å². The van der Waals surface area contributed by atoms with E-state index in [4.69, 9.17) is 15.2 Å².